The summed E-state index contributed by atoms with van der Waals surface area (Å²) >= 11 is 0. The minimum atomic E-state index is 0.291. The van der Waals surface area contributed by atoms with E-state index in [4.69, 9.17) is 0 Å². The third-order valence-electron chi connectivity index (χ3n) is 3.25. The number of ketones is 1. The van der Waals surface area contributed by atoms with Crippen molar-refractivity contribution in [1.29, 1.82) is 0 Å². The fourth-order valence-corrected chi connectivity index (χ4v) is 1.99. The standard InChI is InChI=1S/C16H19NO/c1-4-16(18)9-14-11-17(10-13(14)3)15-7-5-12(2)6-8-15/h5-8,10-11H,4,9H2,1-3H3. The molecule has 0 amide bonds. The summed E-state index contributed by atoms with van der Waals surface area (Å²) in [6, 6.07) is 8.39. The van der Waals surface area contributed by atoms with E-state index in [1.165, 1.54) is 11.1 Å². The zero-order valence-corrected chi connectivity index (χ0v) is 11.2. The van der Waals surface area contributed by atoms with Crippen LogP contribution in [0.15, 0.2) is 36.7 Å². The highest BCUT2D eigenvalue weighted by atomic mass is 16.1. The third-order valence-corrected chi connectivity index (χ3v) is 3.25. The molecular formula is C16H19NO. The quantitative estimate of drug-likeness (QED) is 0.801. The van der Waals surface area contributed by atoms with Crippen molar-refractivity contribution in [2.45, 2.75) is 33.6 Å². The van der Waals surface area contributed by atoms with Gasteiger partial charge in [0, 0.05) is 30.9 Å². The summed E-state index contributed by atoms with van der Waals surface area (Å²) in [7, 11) is 0. The molecule has 0 unspecified atom stereocenters. The Hall–Kier alpha value is -1.83. The second-order valence-corrected chi connectivity index (χ2v) is 4.78. The fourth-order valence-electron chi connectivity index (χ4n) is 1.99. The highest BCUT2D eigenvalue weighted by Crippen LogP contribution is 2.16. The van der Waals surface area contributed by atoms with E-state index in [0.29, 0.717) is 18.6 Å². The molecular weight excluding hydrogens is 222 g/mol. The zero-order valence-electron chi connectivity index (χ0n) is 11.2. The van der Waals surface area contributed by atoms with Crippen molar-refractivity contribution in [1.82, 2.24) is 4.57 Å². The predicted molar refractivity (Wildman–Crippen MR) is 74.2 cm³/mol. The summed E-state index contributed by atoms with van der Waals surface area (Å²) in [4.78, 5) is 11.5. The third kappa shape index (κ3) is 2.70. The first kappa shape index (κ1) is 12.6. The van der Waals surface area contributed by atoms with Crippen LogP contribution in [0.4, 0.5) is 0 Å². The van der Waals surface area contributed by atoms with Crippen molar-refractivity contribution in [2.24, 2.45) is 0 Å². The molecule has 0 fully saturated rings. The molecule has 0 saturated heterocycles. The molecule has 1 aromatic heterocycles. The summed E-state index contributed by atoms with van der Waals surface area (Å²) in [5, 5.41) is 0. The number of aryl methyl sites for hydroxylation is 2. The van der Waals surface area contributed by atoms with E-state index in [-0.39, 0.29) is 0 Å². The lowest BCUT2D eigenvalue weighted by molar-refractivity contribution is -0.118. The Morgan fingerprint density at radius 3 is 2.39 bits per heavy atom. The van der Waals surface area contributed by atoms with Crippen LogP contribution in [0.1, 0.15) is 30.0 Å². The number of rotatable bonds is 4. The Kier molecular flexibility index (Phi) is 3.66. The van der Waals surface area contributed by atoms with Crippen molar-refractivity contribution in [3.8, 4) is 5.69 Å². The molecule has 0 bridgehead atoms. The van der Waals surface area contributed by atoms with Crippen LogP contribution in [-0.2, 0) is 11.2 Å². The SMILES string of the molecule is CCC(=O)Cc1cn(-c2ccc(C)cc2)cc1C. The lowest BCUT2D eigenvalue weighted by Gasteiger charge is -2.02. The van der Waals surface area contributed by atoms with Crippen molar-refractivity contribution < 1.29 is 4.79 Å². The van der Waals surface area contributed by atoms with Crippen LogP contribution < -0.4 is 0 Å². The van der Waals surface area contributed by atoms with Gasteiger partial charge in [0.15, 0.2) is 0 Å². The van der Waals surface area contributed by atoms with Gasteiger partial charge in [-0.25, -0.2) is 0 Å². The smallest absolute Gasteiger partial charge is 0.137 e. The Balaban J connectivity index is 2.28. The van der Waals surface area contributed by atoms with Crippen LogP contribution in [0.3, 0.4) is 0 Å². The Labute approximate surface area is 108 Å². The number of hydrogen-bond acceptors (Lipinski definition) is 1. The maximum absolute atomic E-state index is 11.5. The van der Waals surface area contributed by atoms with Gasteiger partial charge in [0.05, 0.1) is 0 Å². The molecule has 0 radical (unpaired) electrons. The molecule has 0 aliphatic carbocycles. The summed E-state index contributed by atoms with van der Waals surface area (Å²) in [5.74, 6) is 0.291. The van der Waals surface area contributed by atoms with Gasteiger partial charge in [0.1, 0.15) is 5.78 Å². The second kappa shape index (κ2) is 5.21. The summed E-state index contributed by atoms with van der Waals surface area (Å²) in [5.41, 5.74) is 4.70. The van der Waals surface area contributed by atoms with Gasteiger partial charge in [-0.05, 0) is 37.1 Å². The van der Waals surface area contributed by atoms with E-state index in [1.54, 1.807) is 0 Å². The molecule has 0 spiro atoms. The minimum absolute atomic E-state index is 0.291. The second-order valence-electron chi connectivity index (χ2n) is 4.78. The minimum Gasteiger partial charge on any atom is -0.323 e. The first-order chi connectivity index (χ1) is 8.60. The van der Waals surface area contributed by atoms with Gasteiger partial charge >= 0.3 is 0 Å². The van der Waals surface area contributed by atoms with Crippen molar-refractivity contribution in [3.05, 3.63) is 53.3 Å². The molecule has 0 saturated carbocycles. The predicted octanol–water partition coefficient (Wildman–Crippen LogP) is 3.62. The van der Waals surface area contributed by atoms with E-state index in [1.807, 2.05) is 6.92 Å². The first-order valence-electron chi connectivity index (χ1n) is 6.36. The van der Waals surface area contributed by atoms with Gasteiger partial charge in [0.2, 0.25) is 0 Å². The Bertz CT molecular complexity index is 549. The number of Topliss-reactive ketones (excluding diaryl/α,β-unsaturated/α-hetero) is 1. The molecule has 0 aliphatic rings. The maximum atomic E-state index is 11.5. The molecule has 18 heavy (non-hydrogen) atoms. The maximum Gasteiger partial charge on any atom is 0.137 e. The van der Waals surface area contributed by atoms with Crippen LogP contribution in [0.5, 0.6) is 0 Å². The lowest BCUT2D eigenvalue weighted by Crippen LogP contribution is -2.00. The largest absolute Gasteiger partial charge is 0.323 e. The summed E-state index contributed by atoms with van der Waals surface area (Å²) in [6.45, 7) is 6.05. The molecule has 0 atom stereocenters. The normalized spacial score (nSPS) is 10.6. The molecule has 2 aromatic rings. The number of hydrogen-bond donors (Lipinski definition) is 0. The van der Waals surface area contributed by atoms with Crippen LogP contribution in [0.25, 0.3) is 5.69 Å². The Morgan fingerprint density at radius 1 is 1.11 bits per heavy atom. The van der Waals surface area contributed by atoms with Crippen LogP contribution >= 0.6 is 0 Å². The topological polar surface area (TPSA) is 22.0 Å². The molecule has 94 valence electrons. The van der Waals surface area contributed by atoms with Crippen molar-refractivity contribution in [3.63, 3.8) is 0 Å². The average molecular weight is 241 g/mol. The van der Waals surface area contributed by atoms with E-state index in [0.717, 1.165) is 11.3 Å². The highest BCUT2D eigenvalue weighted by molar-refractivity contribution is 5.80. The molecule has 2 rings (SSSR count). The average Bonchev–Trinajstić information content (AvgIpc) is 2.71. The number of carbonyl (C=O) groups is 1. The molecule has 0 aliphatic heterocycles. The highest BCUT2D eigenvalue weighted by Gasteiger charge is 2.08. The van der Waals surface area contributed by atoms with Crippen LogP contribution in [-0.4, -0.2) is 10.4 Å². The Morgan fingerprint density at radius 2 is 1.78 bits per heavy atom. The summed E-state index contributed by atoms with van der Waals surface area (Å²) < 4.78 is 2.09. The molecule has 0 N–H and O–H groups in total. The van der Waals surface area contributed by atoms with Gasteiger partial charge in [-0.3, -0.25) is 4.79 Å². The van der Waals surface area contributed by atoms with Gasteiger partial charge in [-0.2, -0.15) is 0 Å². The van der Waals surface area contributed by atoms with E-state index in [9.17, 15) is 4.79 Å². The number of benzene rings is 1. The molecule has 1 aromatic carbocycles. The number of nitrogens with zero attached hydrogens (tertiary/aromatic N) is 1. The molecule has 1 heterocycles. The van der Waals surface area contributed by atoms with E-state index in [2.05, 4.69) is 55.1 Å². The van der Waals surface area contributed by atoms with Gasteiger partial charge < -0.3 is 4.57 Å². The van der Waals surface area contributed by atoms with Crippen LogP contribution in [0.2, 0.25) is 0 Å². The number of aromatic nitrogens is 1. The van der Waals surface area contributed by atoms with E-state index < -0.39 is 0 Å². The fraction of sp³-hybridized carbons (Fsp3) is 0.312. The first-order valence-corrected chi connectivity index (χ1v) is 6.36. The van der Waals surface area contributed by atoms with Crippen molar-refractivity contribution in [2.75, 3.05) is 0 Å². The van der Waals surface area contributed by atoms with E-state index >= 15 is 0 Å². The lowest BCUT2D eigenvalue weighted by atomic mass is 10.1. The molecule has 2 nitrogen and oxygen atoms in total. The molecule has 2 heteroatoms. The van der Waals surface area contributed by atoms with Crippen LogP contribution in [0, 0.1) is 13.8 Å². The van der Waals surface area contributed by atoms with Crippen molar-refractivity contribution >= 4 is 5.78 Å². The van der Waals surface area contributed by atoms with Gasteiger partial charge in [0.25, 0.3) is 0 Å². The monoisotopic (exact) mass is 241 g/mol. The van der Waals surface area contributed by atoms with Gasteiger partial charge in [-0.1, -0.05) is 24.6 Å². The summed E-state index contributed by atoms with van der Waals surface area (Å²) in [6.07, 6.45) is 5.30. The number of carbonyl (C=O) groups excluding carboxylic acids is 1. The zero-order chi connectivity index (χ0) is 13.1. The van der Waals surface area contributed by atoms with Gasteiger partial charge in [-0.15, -0.1) is 0 Å².